The fourth-order valence-corrected chi connectivity index (χ4v) is 4.20. The molecular weight excluding hydrogens is 356 g/mol. The van der Waals surface area contributed by atoms with Crippen LogP contribution in [0.3, 0.4) is 0 Å². The summed E-state index contributed by atoms with van der Waals surface area (Å²) in [5.41, 5.74) is 4.90. The maximum Gasteiger partial charge on any atom is 0.281 e. The van der Waals surface area contributed by atoms with Gasteiger partial charge in [0.05, 0.1) is 17.7 Å². The molecule has 0 unspecified atom stereocenters. The molecule has 4 nitrogen and oxygen atoms in total. The number of hydrogen-bond acceptors (Lipinski definition) is 4. The van der Waals surface area contributed by atoms with Crippen molar-refractivity contribution in [1.82, 2.24) is 5.43 Å². The molecule has 27 heavy (non-hydrogen) atoms. The molecule has 0 saturated carbocycles. The molecule has 1 aromatic carbocycles. The van der Waals surface area contributed by atoms with Gasteiger partial charge in [0.2, 0.25) is 0 Å². The van der Waals surface area contributed by atoms with Gasteiger partial charge in [-0.25, -0.2) is 5.43 Å². The molecule has 1 aromatic heterocycles. The molecule has 1 atom stereocenters. The SMILES string of the molecule is CC(C)CCOc1ccc(/C=N\NC(=O)c2cc3c(s2)CC[C@@H](C)C3)cc1. The molecule has 1 heterocycles. The highest BCUT2D eigenvalue weighted by Gasteiger charge is 2.20. The fourth-order valence-electron chi connectivity index (χ4n) is 3.10. The largest absolute Gasteiger partial charge is 0.494 e. The van der Waals surface area contributed by atoms with Gasteiger partial charge in [-0.2, -0.15) is 5.10 Å². The van der Waals surface area contributed by atoms with E-state index in [9.17, 15) is 4.79 Å². The molecule has 3 rings (SSSR count). The zero-order chi connectivity index (χ0) is 19.2. The highest BCUT2D eigenvalue weighted by molar-refractivity contribution is 7.14. The van der Waals surface area contributed by atoms with Gasteiger partial charge < -0.3 is 4.74 Å². The Labute approximate surface area is 165 Å². The Morgan fingerprint density at radius 3 is 2.89 bits per heavy atom. The van der Waals surface area contributed by atoms with E-state index in [0.717, 1.165) is 42.1 Å². The van der Waals surface area contributed by atoms with Crippen LogP contribution in [0.2, 0.25) is 0 Å². The zero-order valence-electron chi connectivity index (χ0n) is 16.3. The topological polar surface area (TPSA) is 50.7 Å². The van der Waals surface area contributed by atoms with Crippen LogP contribution in [-0.4, -0.2) is 18.7 Å². The summed E-state index contributed by atoms with van der Waals surface area (Å²) in [5.74, 6) is 2.07. The first kappa shape index (κ1) is 19.6. The Bertz CT molecular complexity index is 793. The van der Waals surface area contributed by atoms with Crippen LogP contribution in [-0.2, 0) is 12.8 Å². The lowest BCUT2D eigenvalue weighted by Crippen LogP contribution is -2.16. The van der Waals surface area contributed by atoms with Gasteiger partial charge in [-0.05, 0) is 79.0 Å². The van der Waals surface area contributed by atoms with Gasteiger partial charge in [-0.15, -0.1) is 11.3 Å². The van der Waals surface area contributed by atoms with Crippen LogP contribution in [0.1, 0.15) is 59.3 Å². The number of nitrogens with zero attached hydrogens (tertiary/aromatic N) is 1. The lowest BCUT2D eigenvalue weighted by molar-refractivity contribution is 0.0959. The quantitative estimate of drug-likeness (QED) is 0.536. The Morgan fingerprint density at radius 2 is 2.15 bits per heavy atom. The number of ether oxygens (including phenoxy) is 1. The smallest absolute Gasteiger partial charge is 0.281 e. The van der Waals surface area contributed by atoms with E-state index in [-0.39, 0.29) is 5.91 Å². The van der Waals surface area contributed by atoms with Gasteiger partial charge in [0.15, 0.2) is 0 Å². The molecule has 0 spiro atoms. The van der Waals surface area contributed by atoms with Crippen LogP contribution < -0.4 is 10.2 Å². The molecule has 0 fully saturated rings. The Balaban J connectivity index is 1.50. The number of carbonyl (C=O) groups excluding carboxylic acids is 1. The summed E-state index contributed by atoms with van der Waals surface area (Å²) in [6.45, 7) is 7.36. The number of aryl methyl sites for hydroxylation is 1. The minimum absolute atomic E-state index is 0.132. The van der Waals surface area contributed by atoms with Crippen molar-refractivity contribution in [2.24, 2.45) is 16.9 Å². The van der Waals surface area contributed by atoms with Crippen molar-refractivity contribution in [3.05, 3.63) is 51.2 Å². The first-order valence-corrected chi connectivity index (χ1v) is 10.5. The van der Waals surface area contributed by atoms with Gasteiger partial charge in [-0.3, -0.25) is 4.79 Å². The number of thiophene rings is 1. The van der Waals surface area contributed by atoms with E-state index in [4.69, 9.17) is 4.74 Å². The van der Waals surface area contributed by atoms with Crippen LogP contribution in [0.25, 0.3) is 0 Å². The molecule has 0 bridgehead atoms. The number of carbonyl (C=O) groups is 1. The molecule has 1 aliphatic carbocycles. The Morgan fingerprint density at radius 1 is 1.37 bits per heavy atom. The Kier molecular flexibility index (Phi) is 6.67. The van der Waals surface area contributed by atoms with Crippen LogP contribution in [0.15, 0.2) is 35.4 Å². The second-order valence-electron chi connectivity index (χ2n) is 7.71. The van der Waals surface area contributed by atoms with Crippen molar-refractivity contribution in [3.8, 4) is 5.75 Å². The van der Waals surface area contributed by atoms with Gasteiger partial charge in [0.1, 0.15) is 5.75 Å². The van der Waals surface area contributed by atoms with E-state index in [1.165, 1.54) is 16.9 Å². The van der Waals surface area contributed by atoms with Crippen molar-refractivity contribution in [2.75, 3.05) is 6.61 Å². The van der Waals surface area contributed by atoms with Gasteiger partial charge in [-0.1, -0.05) is 20.8 Å². The minimum Gasteiger partial charge on any atom is -0.494 e. The standard InChI is InChI=1S/C22H28N2O2S/c1-15(2)10-11-26-19-7-5-17(6-8-19)14-23-24-22(25)21-13-18-12-16(3)4-9-20(18)27-21/h5-8,13-16H,4,9-12H2,1-3H3,(H,24,25)/b23-14-/t16-/m1/s1. The van der Waals surface area contributed by atoms with E-state index < -0.39 is 0 Å². The summed E-state index contributed by atoms with van der Waals surface area (Å²) >= 11 is 1.60. The predicted octanol–water partition coefficient (Wildman–Crippen LogP) is 5.06. The summed E-state index contributed by atoms with van der Waals surface area (Å²) in [7, 11) is 0. The van der Waals surface area contributed by atoms with Crippen LogP contribution in [0, 0.1) is 11.8 Å². The highest BCUT2D eigenvalue weighted by atomic mass is 32.1. The third-order valence-electron chi connectivity index (χ3n) is 4.78. The number of rotatable bonds is 7. The average molecular weight is 385 g/mol. The molecule has 0 aliphatic heterocycles. The van der Waals surface area contributed by atoms with Crippen LogP contribution >= 0.6 is 11.3 Å². The van der Waals surface area contributed by atoms with Crippen LogP contribution in [0.5, 0.6) is 5.75 Å². The molecule has 2 aromatic rings. The van der Waals surface area contributed by atoms with Crippen molar-refractivity contribution in [3.63, 3.8) is 0 Å². The lowest BCUT2D eigenvalue weighted by atomic mass is 9.90. The van der Waals surface area contributed by atoms with Crippen molar-refractivity contribution < 1.29 is 9.53 Å². The number of fused-ring (bicyclic) bond motifs is 1. The summed E-state index contributed by atoms with van der Waals surface area (Å²) in [6.07, 6.45) is 6.08. The third-order valence-corrected chi connectivity index (χ3v) is 6.01. The lowest BCUT2D eigenvalue weighted by Gasteiger charge is -2.16. The average Bonchev–Trinajstić information content (AvgIpc) is 3.06. The second-order valence-corrected chi connectivity index (χ2v) is 8.84. The van der Waals surface area contributed by atoms with Gasteiger partial charge in [0.25, 0.3) is 5.91 Å². The van der Waals surface area contributed by atoms with E-state index in [0.29, 0.717) is 11.8 Å². The molecule has 0 radical (unpaired) electrons. The number of amides is 1. The maximum absolute atomic E-state index is 12.3. The third kappa shape index (κ3) is 5.67. The number of hydrogen-bond donors (Lipinski definition) is 1. The van der Waals surface area contributed by atoms with E-state index in [2.05, 4.69) is 31.3 Å². The second kappa shape index (κ2) is 9.18. The van der Waals surface area contributed by atoms with E-state index in [1.807, 2.05) is 30.3 Å². The molecule has 1 amide bonds. The molecule has 144 valence electrons. The fraction of sp³-hybridized carbons (Fsp3) is 0.455. The first-order valence-electron chi connectivity index (χ1n) is 9.69. The highest BCUT2D eigenvalue weighted by Crippen LogP contribution is 2.32. The molecule has 1 aliphatic rings. The molecular formula is C22H28N2O2S. The van der Waals surface area contributed by atoms with Gasteiger partial charge in [0, 0.05) is 4.88 Å². The maximum atomic E-state index is 12.3. The van der Waals surface area contributed by atoms with Crippen molar-refractivity contribution in [1.29, 1.82) is 0 Å². The predicted molar refractivity (Wildman–Crippen MR) is 112 cm³/mol. The Hall–Kier alpha value is -2.14. The zero-order valence-corrected chi connectivity index (χ0v) is 17.1. The van der Waals surface area contributed by atoms with Gasteiger partial charge >= 0.3 is 0 Å². The summed E-state index contributed by atoms with van der Waals surface area (Å²) < 4.78 is 5.71. The molecule has 0 saturated heterocycles. The van der Waals surface area contributed by atoms with Crippen LogP contribution in [0.4, 0.5) is 0 Å². The summed E-state index contributed by atoms with van der Waals surface area (Å²) in [6, 6.07) is 9.76. The van der Waals surface area contributed by atoms with E-state index >= 15 is 0 Å². The normalized spacial score (nSPS) is 16.5. The number of benzene rings is 1. The molecule has 1 N–H and O–H groups in total. The number of nitrogens with one attached hydrogen (secondary N) is 1. The summed E-state index contributed by atoms with van der Waals surface area (Å²) in [5, 5.41) is 4.10. The monoisotopic (exact) mass is 384 g/mol. The number of hydrazone groups is 1. The first-order chi connectivity index (χ1) is 13.0. The van der Waals surface area contributed by atoms with E-state index in [1.54, 1.807) is 17.6 Å². The molecule has 5 heteroatoms. The summed E-state index contributed by atoms with van der Waals surface area (Å²) in [4.78, 5) is 14.4. The van der Waals surface area contributed by atoms with Crippen molar-refractivity contribution >= 4 is 23.5 Å². The van der Waals surface area contributed by atoms with Crippen molar-refractivity contribution in [2.45, 2.75) is 46.5 Å². The minimum atomic E-state index is -0.132.